The standard InChI is InChI=1S/C20H15F3N2O3S/c21-20(22,23)14-10-12-15(13-11-14)24-19(26)25-17-8-4-5-9-18(17)29(27,28)16-6-2-1-3-7-16/h1-13H,(H2,24,25,26). The molecule has 0 aliphatic rings. The zero-order chi connectivity index (χ0) is 21.1. The van der Waals surface area contributed by atoms with E-state index in [0.717, 1.165) is 24.3 Å². The third-order valence-electron chi connectivity index (χ3n) is 3.95. The minimum absolute atomic E-state index is 0.0424. The van der Waals surface area contributed by atoms with E-state index in [2.05, 4.69) is 10.6 Å². The van der Waals surface area contributed by atoms with Crippen molar-refractivity contribution in [2.75, 3.05) is 10.6 Å². The Hall–Kier alpha value is -3.33. The Balaban J connectivity index is 1.80. The van der Waals surface area contributed by atoms with Crippen molar-refractivity contribution in [3.63, 3.8) is 0 Å². The highest BCUT2D eigenvalue weighted by atomic mass is 32.2. The third kappa shape index (κ3) is 4.75. The number of benzene rings is 3. The summed E-state index contributed by atoms with van der Waals surface area (Å²) in [6.07, 6.45) is -4.48. The summed E-state index contributed by atoms with van der Waals surface area (Å²) >= 11 is 0. The lowest BCUT2D eigenvalue weighted by Gasteiger charge is -2.13. The highest BCUT2D eigenvalue weighted by Crippen LogP contribution is 2.30. The maximum absolute atomic E-state index is 12.8. The second-order valence-corrected chi connectivity index (χ2v) is 7.88. The van der Waals surface area contributed by atoms with Crippen molar-refractivity contribution in [2.45, 2.75) is 16.0 Å². The van der Waals surface area contributed by atoms with Crippen LogP contribution in [0.25, 0.3) is 0 Å². The van der Waals surface area contributed by atoms with Crippen molar-refractivity contribution in [3.8, 4) is 0 Å². The van der Waals surface area contributed by atoms with Crippen LogP contribution < -0.4 is 10.6 Å². The predicted molar refractivity (Wildman–Crippen MR) is 102 cm³/mol. The fourth-order valence-electron chi connectivity index (χ4n) is 2.56. The first-order valence-corrected chi connectivity index (χ1v) is 9.81. The SMILES string of the molecule is O=C(Nc1ccc(C(F)(F)F)cc1)Nc1ccccc1S(=O)(=O)c1ccccc1. The summed E-state index contributed by atoms with van der Waals surface area (Å²) < 4.78 is 63.5. The molecule has 2 N–H and O–H groups in total. The molecule has 0 radical (unpaired) electrons. The van der Waals surface area contributed by atoms with Crippen LogP contribution in [-0.2, 0) is 16.0 Å². The van der Waals surface area contributed by atoms with Gasteiger partial charge in [-0.05, 0) is 48.5 Å². The summed E-state index contributed by atoms with van der Waals surface area (Å²) in [5, 5.41) is 4.80. The lowest BCUT2D eigenvalue weighted by molar-refractivity contribution is -0.137. The molecule has 5 nitrogen and oxygen atoms in total. The number of sulfone groups is 1. The van der Waals surface area contributed by atoms with Crippen LogP contribution >= 0.6 is 0 Å². The minimum atomic E-state index is -4.48. The predicted octanol–water partition coefficient (Wildman–Crippen LogP) is 5.18. The van der Waals surface area contributed by atoms with Gasteiger partial charge in [0.2, 0.25) is 9.84 Å². The fraction of sp³-hybridized carbons (Fsp3) is 0.0500. The number of hydrogen-bond acceptors (Lipinski definition) is 3. The van der Waals surface area contributed by atoms with Crippen LogP contribution in [0.3, 0.4) is 0 Å². The average molecular weight is 420 g/mol. The van der Waals surface area contributed by atoms with E-state index in [-0.39, 0.29) is 21.2 Å². The minimum Gasteiger partial charge on any atom is -0.308 e. The maximum atomic E-state index is 12.8. The van der Waals surface area contributed by atoms with E-state index in [4.69, 9.17) is 0 Å². The number of carbonyl (C=O) groups is 1. The Kier molecular flexibility index (Phi) is 5.60. The van der Waals surface area contributed by atoms with Crippen LogP contribution in [0.4, 0.5) is 29.3 Å². The molecule has 150 valence electrons. The van der Waals surface area contributed by atoms with Gasteiger partial charge in [0.05, 0.1) is 21.0 Å². The quantitative estimate of drug-likeness (QED) is 0.611. The molecular formula is C20H15F3N2O3S. The molecule has 0 aliphatic heterocycles. The summed E-state index contributed by atoms with van der Waals surface area (Å²) in [6.45, 7) is 0. The molecule has 0 saturated carbocycles. The second-order valence-electron chi connectivity index (χ2n) is 5.97. The molecule has 0 saturated heterocycles. The molecule has 0 unspecified atom stereocenters. The van der Waals surface area contributed by atoms with Crippen LogP contribution in [0.1, 0.15) is 5.56 Å². The first-order valence-electron chi connectivity index (χ1n) is 8.32. The first kappa shape index (κ1) is 20.4. The van der Waals surface area contributed by atoms with Gasteiger partial charge in [-0.1, -0.05) is 30.3 Å². The highest BCUT2D eigenvalue weighted by Gasteiger charge is 2.30. The summed E-state index contributed by atoms with van der Waals surface area (Å²) in [7, 11) is -3.88. The number of rotatable bonds is 4. The largest absolute Gasteiger partial charge is 0.416 e. The smallest absolute Gasteiger partial charge is 0.308 e. The van der Waals surface area contributed by atoms with E-state index >= 15 is 0 Å². The first-order chi connectivity index (χ1) is 13.7. The number of urea groups is 1. The van der Waals surface area contributed by atoms with Crippen molar-refractivity contribution in [3.05, 3.63) is 84.4 Å². The molecule has 0 spiro atoms. The molecule has 0 aliphatic carbocycles. The number of hydrogen-bond donors (Lipinski definition) is 2. The molecule has 29 heavy (non-hydrogen) atoms. The molecule has 9 heteroatoms. The zero-order valence-electron chi connectivity index (χ0n) is 14.8. The van der Waals surface area contributed by atoms with Crippen LogP contribution in [0.15, 0.2) is 88.7 Å². The average Bonchev–Trinajstić information content (AvgIpc) is 2.68. The molecule has 2 amide bonds. The van der Waals surface area contributed by atoms with Gasteiger partial charge in [0.15, 0.2) is 0 Å². The van der Waals surface area contributed by atoms with Crippen LogP contribution in [0.2, 0.25) is 0 Å². The molecule has 3 aromatic carbocycles. The van der Waals surface area contributed by atoms with Crippen molar-refractivity contribution in [1.82, 2.24) is 0 Å². The van der Waals surface area contributed by atoms with Gasteiger partial charge in [0.1, 0.15) is 0 Å². The summed E-state index contributed by atoms with van der Waals surface area (Å²) in [4.78, 5) is 12.2. The molecule has 0 bridgehead atoms. The zero-order valence-corrected chi connectivity index (χ0v) is 15.6. The molecule has 3 rings (SSSR count). The Labute approximate surface area is 165 Å². The summed E-state index contributed by atoms with van der Waals surface area (Å²) in [5.74, 6) is 0. The number of halogens is 3. The van der Waals surface area contributed by atoms with Crippen molar-refractivity contribution in [1.29, 1.82) is 0 Å². The summed E-state index contributed by atoms with van der Waals surface area (Å²) in [5.41, 5.74) is -0.678. The van der Waals surface area contributed by atoms with E-state index < -0.39 is 27.6 Å². The number of amides is 2. The van der Waals surface area contributed by atoms with Gasteiger partial charge in [-0.25, -0.2) is 13.2 Å². The Morgan fingerprint density at radius 1 is 0.759 bits per heavy atom. The van der Waals surface area contributed by atoms with Crippen LogP contribution in [0, 0.1) is 0 Å². The Bertz CT molecular complexity index is 1110. The van der Waals surface area contributed by atoms with E-state index in [0.29, 0.717) is 0 Å². The fourth-order valence-corrected chi connectivity index (χ4v) is 3.99. The van der Waals surface area contributed by atoms with Gasteiger partial charge in [-0.15, -0.1) is 0 Å². The molecule has 0 fully saturated rings. The summed E-state index contributed by atoms with van der Waals surface area (Å²) in [6, 6.07) is 16.7. The van der Waals surface area contributed by atoms with E-state index in [1.165, 1.54) is 30.3 Å². The van der Waals surface area contributed by atoms with Crippen molar-refractivity contribution >= 4 is 27.2 Å². The van der Waals surface area contributed by atoms with Gasteiger partial charge in [0.25, 0.3) is 0 Å². The van der Waals surface area contributed by atoms with Crippen molar-refractivity contribution < 1.29 is 26.4 Å². The van der Waals surface area contributed by atoms with Crippen LogP contribution in [0.5, 0.6) is 0 Å². The molecular weight excluding hydrogens is 405 g/mol. The Morgan fingerprint density at radius 3 is 1.97 bits per heavy atom. The van der Waals surface area contributed by atoms with Gasteiger partial charge >= 0.3 is 12.2 Å². The van der Waals surface area contributed by atoms with E-state index in [1.807, 2.05) is 0 Å². The lowest BCUT2D eigenvalue weighted by Crippen LogP contribution is -2.21. The van der Waals surface area contributed by atoms with Crippen LogP contribution in [-0.4, -0.2) is 14.4 Å². The second kappa shape index (κ2) is 7.96. The van der Waals surface area contributed by atoms with E-state index in [1.54, 1.807) is 24.3 Å². The maximum Gasteiger partial charge on any atom is 0.416 e. The van der Waals surface area contributed by atoms with Gasteiger partial charge < -0.3 is 10.6 Å². The molecule has 0 atom stereocenters. The van der Waals surface area contributed by atoms with Crippen molar-refractivity contribution in [2.24, 2.45) is 0 Å². The van der Waals surface area contributed by atoms with E-state index in [9.17, 15) is 26.4 Å². The highest BCUT2D eigenvalue weighted by molar-refractivity contribution is 7.91. The van der Waals surface area contributed by atoms with Gasteiger partial charge in [-0.2, -0.15) is 13.2 Å². The number of anilines is 2. The number of nitrogens with one attached hydrogen (secondary N) is 2. The molecule has 0 aromatic heterocycles. The lowest BCUT2D eigenvalue weighted by atomic mass is 10.2. The normalized spacial score (nSPS) is 11.7. The number of para-hydroxylation sites is 1. The number of carbonyl (C=O) groups excluding carboxylic acids is 1. The third-order valence-corrected chi connectivity index (χ3v) is 5.78. The molecule has 3 aromatic rings. The number of alkyl halides is 3. The van der Waals surface area contributed by atoms with Gasteiger partial charge in [-0.3, -0.25) is 0 Å². The van der Waals surface area contributed by atoms with Gasteiger partial charge in [0, 0.05) is 5.69 Å². The Morgan fingerprint density at radius 2 is 1.34 bits per heavy atom. The monoisotopic (exact) mass is 420 g/mol. The topological polar surface area (TPSA) is 75.3 Å². The molecule has 0 heterocycles.